The zero-order valence-corrected chi connectivity index (χ0v) is 10.3. The van der Waals surface area contributed by atoms with E-state index in [1.54, 1.807) is 0 Å². The van der Waals surface area contributed by atoms with Crippen LogP contribution >= 0.6 is 0 Å². The van der Waals surface area contributed by atoms with Gasteiger partial charge in [0, 0.05) is 5.92 Å². The predicted octanol–water partition coefficient (Wildman–Crippen LogP) is 3.08. The van der Waals surface area contributed by atoms with Crippen LogP contribution in [0.3, 0.4) is 0 Å². The summed E-state index contributed by atoms with van der Waals surface area (Å²) in [5.74, 6) is 0.916. The summed E-state index contributed by atoms with van der Waals surface area (Å²) >= 11 is 0. The Bertz CT molecular complexity index is 474. The number of ether oxygens (including phenoxy) is 1. The van der Waals surface area contributed by atoms with Gasteiger partial charge in [0.05, 0.1) is 0 Å². The first kappa shape index (κ1) is 11.6. The molecule has 0 bridgehead atoms. The number of hydrogen-bond acceptors (Lipinski definition) is 4. The lowest BCUT2D eigenvalue weighted by Crippen LogP contribution is -1.96. The van der Waals surface area contributed by atoms with Crippen molar-refractivity contribution in [2.45, 2.75) is 33.3 Å². The molecule has 0 aliphatic heterocycles. The van der Waals surface area contributed by atoms with Gasteiger partial charge in [-0.3, -0.25) is 4.52 Å². The van der Waals surface area contributed by atoms with Crippen molar-refractivity contribution in [1.82, 2.24) is 10.1 Å². The van der Waals surface area contributed by atoms with Gasteiger partial charge in [-0.2, -0.15) is 4.98 Å². The van der Waals surface area contributed by atoms with Gasteiger partial charge < -0.3 is 4.74 Å². The van der Waals surface area contributed by atoms with Crippen molar-refractivity contribution < 1.29 is 9.26 Å². The molecule has 0 aliphatic rings. The summed E-state index contributed by atoms with van der Waals surface area (Å²) in [5, 5.41) is 3.83. The minimum absolute atomic E-state index is 0.231. The summed E-state index contributed by atoms with van der Waals surface area (Å²) in [6.45, 7) is 6.51. The summed E-state index contributed by atoms with van der Waals surface area (Å²) in [5.41, 5.74) is 2.31. The number of aryl methyl sites for hydroxylation is 1. The molecule has 17 heavy (non-hydrogen) atoms. The minimum atomic E-state index is 0.231. The third kappa shape index (κ3) is 3.06. The van der Waals surface area contributed by atoms with Crippen molar-refractivity contribution in [3.8, 4) is 6.08 Å². The van der Waals surface area contributed by atoms with Gasteiger partial charge in [-0.15, -0.1) is 0 Å². The fraction of sp³-hybridized carbons (Fsp3) is 0.385. The molecule has 0 spiro atoms. The topological polar surface area (TPSA) is 48.2 Å². The Balaban J connectivity index is 1.95. The predicted molar refractivity (Wildman–Crippen MR) is 63.9 cm³/mol. The molecule has 0 saturated carbocycles. The Hall–Kier alpha value is -1.84. The van der Waals surface area contributed by atoms with Crippen LogP contribution < -0.4 is 4.74 Å². The third-order valence-corrected chi connectivity index (χ3v) is 2.42. The van der Waals surface area contributed by atoms with Crippen LogP contribution in [0.5, 0.6) is 6.08 Å². The zero-order chi connectivity index (χ0) is 12.3. The Morgan fingerprint density at radius 3 is 2.53 bits per heavy atom. The standard InChI is InChI=1S/C13H16N2O2/c1-9(2)12-14-13(17-15-12)16-8-11-6-4-10(3)5-7-11/h4-7,9H,8H2,1-3H3. The number of hydrogen-bond donors (Lipinski definition) is 0. The molecule has 90 valence electrons. The van der Waals surface area contributed by atoms with Crippen LogP contribution in [0.15, 0.2) is 28.8 Å². The van der Waals surface area contributed by atoms with Gasteiger partial charge >= 0.3 is 6.08 Å². The highest BCUT2D eigenvalue weighted by Crippen LogP contribution is 2.15. The quantitative estimate of drug-likeness (QED) is 0.812. The van der Waals surface area contributed by atoms with Gasteiger partial charge in [0.1, 0.15) is 6.61 Å². The van der Waals surface area contributed by atoms with Gasteiger partial charge in [0.15, 0.2) is 5.82 Å². The van der Waals surface area contributed by atoms with Crippen LogP contribution in [0, 0.1) is 6.92 Å². The maximum absolute atomic E-state index is 5.42. The summed E-state index contributed by atoms with van der Waals surface area (Å²) in [6.07, 6.45) is 0.231. The van der Waals surface area contributed by atoms with Crippen LogP contribution in [-0.4, -0.2) is 10.1 Å². The molecule has 0 unspecified atom stereocenters. The first-order valence-electron chi connectivity index (χ1n) is 5.67. The van der Waals surface area contributed by atoms with Crippen molar-refractivity contribution in [3.05, 3.63) is 41.2 Å². The summed E-state index contributed by atoms with van der Waals surface area (Å²) in [7, 11) is 0. The monoisotopic (exact) mass is 232 g/mol. The van der Waals surface area contributed by atoms with Crippen LogP contribution in [0.1, 0.15) is 36.7 Å². The molecule has 2 aromatic rings. The summed E-state index contributed by atoms with van der Waals surface area (Å²) in [4.78, 5) is 4.14. The van der Waals surface area contributed by atoms with Gasteiger partial charge in [0.2, 0.25) is 0 Å². The number of aromatic nitrogens is 2. The lowest BCUT2D eigenvalue weighted by molar-refractivity contribution is 0.195. The fourth-order valence-electron chi connectivity index (χ4n) is 1.34. The summed E-state index contributed by atoms with van der Waals surface area (Å²) in [6, 6.07) is 8.14. The molecule has 1 aromatic heterocycles. The molecule has 0 fully saturated rings. The molecule has 0 radical (unpaired) electrons. The van der Waals surface area contributed by atoms with Crippen molar-refractivity contribution in [3.63, 3.8) is 0 Å². The maximum Gasteiger partial charge on any atom is 0.417 e. The van der Waals surface area contributed by atoms with Crippen LogP contribution in [0.2, 0.25) is 0 Å². The Morgan fingerprint density at radius 2 is 1.94 bits per heavy atom. The molecule has 1 aromatic carbocycles. The zero-order valence-electron chi connectivity index (χ0n) is 10.3. The average Bonchev–Trinajstić information content (AvgIpc) is 2.77. The molecule has 4 heteroatoms. The van der Waals surface area contributed by atoms with E-state index >= 15 is 0 Å². The number of nitrogens with zero attached hydrogens (tertiary/aromatic N) is 2. The van der Waals surface area contributed by atoms with E-state index in [0.29, 0.717) is 12.4 Å². The fourth-order valence-corrected chi connectivity index (χ4v) is 1.34. The van der Waals surface area contributed by atoms with Gasteiger partial charge in [0.25, 0.3) is 0 Å². The first-order valence-corrected chi connectivity index (χ1v) is 5.67. The van der Waals surface area contributed by atoms with E-state index in [2.05, 4.69) is 17.1 Å². The molecule has 0 saturated heterocycles. The molecular formula is C13H16N2O2. The van der Waals surface area contributed by atoms with Crippen molar-refractivity contribution in [1.29, 1.82) is 0 Å². The average molecular weight is 232 g/mol. The van der Waals surface area contributed by atoms with E-state index in [1.807, 2.05) is 38.1 Å². The molecular weight excluding hydrogens is 216 g/mol. The smallest absolute Gasteiger partial charge is 0.417 e. The largest absolute Gasteiger partial charge is 0.444 e. The van der Waals surface area contributed by atoms with Crippen molar-refractivity contribution in [2.24, 2.45) is 0 Å². The van der Waals surface area contributed by atoms with E-state index in [0.717, 1.165) is 5.56 Å². The molecule has 2 rings (SSSR count). The van der Waals surface area contributed by atoms with Crippen LogP contribution in [0.25, 0.3) is 0 Å². The minimum Gasteiger partial charge on any atom is -0.444 e. The van der Waals surface area contributed by atoms with Crippen LogP contribution in [0.4, 0.5) is 0 Å². The van der Waals surface area contributed by atoms with E-state index in [1.165, 1.54) is 5.56 Å². The van der Waals surface area contributed by atoms with E-state index < -0.39 is 0 Å². The highest BCUT2D eigenvalue weighted by Gasteiger charge is 2.10. The van der Waals surface area contributed by atoms with E-state index in [4.69, 9.17) is 9.26 Å². The molecule has 0 aliphatic carbocycles. The highest BCUT2D eigenvalue weighted by molar-refractivity contribution is 5.20. The molecule has 0 amide bonds. The van der Waals surface area contributed by atoms with Crippen molar-refractivity contribution >= 4 is 0 Å². The number of rotatable bonds is 4. The second kappa shape index (κ2) is 4.99. The Labute approximate surface area is 101 Å². The Morgan fingerprint density at radius 1 is 1.24 bits per heavy atom. The lowest BCUT2D eigenvalue weighted by atomic mass is 10.2. The van der Waals surface area contributed by atoms with Gasteiger partial charge in [-0.25, -0.2) is 0 Å². The highest BCUT2D eigenvalue weighted by atomic mass is 16.6. The molecule has 1 heterocycles. The van der Waals surface area contributed by atoms with Crippen LogP contribution in [-0.2, 0) is 6.61 Å². The third-order valence-electron chi connectivity index (χ3n) is 2.42. The van der Waals surface area contributed by atoms with Gasteiger partial charge in [-0.1, -0.05) is 48.8 Å². The summed E-state index contributed by atoms with van der Waals surface area (Å²) < 4.78 is 10.4. The SMILES string of the molecule is Cc1ccc(COc2nc(C(C)C)no2)cc1. The molecule has 0 N–H and O–H groups in total. The van der Waals surface area contributed by atoms with E-state index in [9.17, 15) is 0 Å². The van der Waals surface area contributed by atoms with Crippen molar-refractivity contribution in [2.75, 3.05) is 0 Å². The second-order valence-corrected chi connectivity index (χ2v) is 4.35. The Kier molecular flexibility index (Phi) is 3.42. The first-order chi connectivity index (χ1) is 8.15. The van der Waals surface area contributed by atoms with Gasteiger partial charge in [-0.05, 0) is 12.5 Å². The second-order valence-electron chi connectivity index (χ2n) is 4.35. The number of benzene rings is 1. The lowest BCUT2D eigenvalue weighted by Gasteiger charge is -2.01. The van der Waals surface area contributed by atoms with E-state index in [-0.39, 0.29) is 12.0 Å². The normalized spacial score (nSPS) is 10.8. The molecule has 4 nitrogen and oxygen atoms in total. The molecule has 0 atom stereocenters. The maximum atomic E-state index is 5.42.